The molecule has 1 aromatic heterocycles. The van der Waals surface area contributed by atoms with E-state index in [4.69, 9.17) is 4.74 Å². The van der Waals surface area contributed by atoms with Crippen LogP contribution < -0.4 is 10.6 Å². The van der Waals surface area contributed by atoms with Crippen LogP contribution in [0.3, 0.4) is 0 Å². The first-order valence-corrected chi connectivity index (χ1v) is 11.9. The molecule has 2 aromatic rings. The zero-order valence-electron chi connectivity index (χ0n) is 18.8. The van der Waals surface area contributed by atoms with E-state index < -0.39 is 0 Å². The highest BCUT2D eigenvalue weighted by Crippen LogP contribution is 2.39. The number of amides is 1. The Morgan fingerprint density at radius 1 is 1.06 bits per heavy atom. The van der Waals surface area contributed by atoms with Crippen molar-refractivity contribution in [3.63, 3.8) is 0 Å². The van der Waals surface area contributed by atoms with Gasteiger partial charge in [-0.3, -0.25) is 4.79 Å². The second-order valence-electron chi connectivity index (χ2n) is 9.64. The van der Waals surface area contributed by atoms with Crippen molar-refractivity contribution in [2.45, 2.75) is 38.6 Å². The number of ether oxygens (including phenoxy) is 1. The lowest BCUT2D eigenvalue weighted by Gasteiger charge is -2.27. The van der Waals surface area contributed by atoms with Gasteiger partial charge in [0.25, 0.3) is 0 Å². The Kier molecular flexibility index (Phi) is 6.37. The molecule has 1 aromatic carbocycles. The Balaban J connectivity index is 1.15. The summed E-state index contributed by atoms with van der Waals surface area (Å²) in [5.41, 5.74) is 2.39. The summed E-state index contributed by atoms with van der Waals surface area (Å²) >= 11 is 0. The molecular weight excluding hydrogens is 402 g/mol. The number of likely N-dealkylation sites (tertiary alicyclic amines) is 1. The Morgan fingerprint density at radius 3 is 2.50 bits per heavy atom. The summed E-state index contributed by atoms with van der Waals surface area (Å²) in [6.45, 7) is 7.12. The number of nitrogens with one attached hydrogen (secondary N) is 2. The molecule has 3 aliphatic rings. The van der Waals surface area contributed by atoms with Gasteiger partial charge in [-0.05, 0) is 61.6 Å². The van der Waals surface area contributed by atoms with Gasteiger partial charge in [0.05, 0.1) is 11.4 Å². The van der Waals surface area contributed by atoms with E-state index in [0.29, 0.717) is 6.04 Å². The van der Waals surface area contributed by atoms with Crippen LogP contribution in [-0.2, 0) is 9.53 Å². The van der Waals surface area contributed by atoms with Crippen LogP contribution in [0.25, 0.3) is 11.3 Å². The molecule has 1 aliphatic carbocycles. The van der Waals surface area contributed by atoms with Gasteiger partial charge in [0.1, 0.15) is 5.82 Å². The molecule has 0 spiro atoms. The molecule has 32 heavy (non-hydrogen) atoms. The third-order valence-electron chi connectivity index (χ3n) is 7.21. The standard InChI is InChI=1S/C25H33N5O2/c1-17(31)26-23-5-3-2-4-22(23)24-6-7-25(29-28-24)27-21-12-19-15-30(16-20(19)13-21)14-18-8-10-32-11-9-18/h2-7,18-21H,8-16H2,1H3,(H,26,31)(H,27,29)/t19-,20?,21+/m1/s1. The van der Waals surface area contributed by atoms with Crippen molar-refractivity contribution in [1.29, 1.82) is 0 Å². The maximum absolute atomic E-state index is 11.5. The summed E-state index contributed by atoms with van der Waals surface area (Å²) in [7, 11) is 0. The number of carbonyl (C=O) groups is 1. The first kappa shape index (κ1) is 21.3. The fourth-order valence-corrected chi connectivity index (χ4v) is 5.73. The molecule has 0 bridgehead atoms. The van der Waals surface area contributed by atoms with Crippen LogP contribution in [0.1, 0.15) is 32.6 Å². The van der Waals surface area contributed by atoms with Gasteiger partial charge in [0.15, 0.2) is 0 Å². The number of rotatable bonds is 6. The van der Waals surface area contributed by atoms with Gasteiger partial charge in [-0.25, -0.2) is 0 Å². The van der Waals surface area contributed by atoms with E-state index in [0.717, 1.165) is 53.7 Å². The van der Waals surface area contributed by atoms with Gasteiger partial charge in [-0.2, -0.15) is 0 Å². The van der Waals surface area contributed by atoms with Gasteiger partial charge in [0, 0.05) is 51.4 Å². The fourth-order valence-electron chi connectivity index (χ4n) is 5.73. The average molecular weight is 436 g/mol. The molecule has 170 valence electrons. The zero-order chi connectivity index (χ0) is 21.9. The SMILES string of the molecule is CC(=O)Nc1ccccc1-c1ccc(N[C@@H]2CC3CN(CC4CCOCC4)C[C@H]3C2)nn1. The van der Waals surface area contributed by atoms with Crippen LogP contribution in [0, 0.1) is 17.8 Å². The summed E-state index contributed by atoms with van der Waals surface area (Å²) in [5, 5.41) is 15.3. The molecule has 5 rings (SSSR count). The molecule has 3 heterocycles. The van der Waals surface area contributed by atoms with E-state index >= 15 is 0 Å². The van der Waals surface area contributed by atoms with E-state index in [1.165, 1.54) is 52.2 Å². The molecule has 0 radical (unpaired) electrons. The molecule has 1 saturated carbocycles. The van der Waals surface area contributed by atoms with E-state index in [2.05, 4.69) is 25.7 Å². The Labute approximate surface area is 189 Å². The van der Waals surface area contributed by atoms with Crippen molar-refractivity contribution in [3.8, 4) is 11.3 Å². The molecular formula is C25H33N5O2. The van der Waals surface area contributed by atoms with Crippen LogP contribution in [0.4, 0.5) is 11.5 Å². The topological polar surface area (TPSA) is 79.4 Å². The number of para-hydroxylation sites is 1. The minimum absolute atomic E-state index is 0.0956. The molecule has 2 saturated heterocycles. The Hall–Kier alpha value is -2.51. The highest BCUT2D eigenvalue weighted by atomic mass is 16.5. The summed E-state index contributed by atoms with van der Waals surface area (Å²) in [5.74, 6) is 3.14. The minimum Gasteiger partial charge on any atom is -0.381 e. The van der Waals surface area contributed by atoms with Crippen LogP contribution in [0.15, 0.2) is 36.4 Å². The summed E-state index contributed by atoms with van der Waals surface area (Å²) in [6, 6.07) is 12.1. The van der Waals surface area contributed by atoms with Crippen molar-refractivity contribution >= 4 is 17.4 Å². The van der Waals surface area contributed by atoms with Crippen LogP contribution in [0.2, 0.25) is 0 Å². The quantitative estimate of drug-likeness (QED) is 0.721. The van der Waals surface area contributed by atoms with Crippen molar-refractivity contribution in [2.24, 2.45) is 17.8 Å². The monoisotopic (exact) mass is 435 g/mol. The number of hydrogen-bond donors (Lipinski definition) is 2. The number of hydrogen-bond acceptors (Lipinski definition) is 6. The van der Waals surface area contributed by atoms with Crippen LogP contribution in [-0.4, -0.2) is 59.9 Å². The zero-order valence-corrected chi connectivity index (χ0v) is 18.8. The predicted octanol–water partition coefficient (Wildman–Crippen LogP) is 3.65. The molecule has 2 aliphatic heterocycles. The van der Waals surface area contributed by atoms with Gasteiger partial charge < -0.3 is 20.3 Å². The summed E-state index contributed by atoms with van der Waals surface area (Å²) in [4.78, 5) is 14.2. The third kappa shape index (κ3) is 4.94. The summed E-state index contributed by atoms with van der Waals surface area (Å²) < 4.78 is 5.51. The molecule has 3 fully saturated rings. The molecule has 2 N–H and O–H groups in total. The van der Waals surface area contributed by atoms with E-state index in [-0.39, 0.29) is 5.91 Å². The third-order valence-corrected chi connectivity index (χ3v) is 7.21. The van der Waals surface area contributed by atoms with E-state index in [9.17, 15) is 4.79 Å². The second kappa shape index (κ2) is 9.55. The van der Waals surface area contributed by atoms with Crippen LogP contribution >= 0.6 is 0 Å². The first-order chi connectivity index (χ1) is 15.6. The Bertz CT molecular complexity index is 914. The first-order valence-electron chi connectivity index (χ1n) is 11.9. The molecule has 1 amide bonds. The minimum atomic E-state index is -0.0956. The maximum atomic E-state index is 11.5. The van der Waals surface area contributed by atoms with Gasteiger partial charge >= 0.3 is 0 Å². The molecule has 7 nitrogen and oxygen atoms in total. The highest BCUT2D eigenvalue weighted by Gasteiger charge is 2.41. The second-order valence-corrected chi connectivity index (χ2v) is 9.64. The number of carbonyl (C=O) groups excluding carboxylic acids is 1. The molecule has 7 heteroatoms. The van der Waals surface area contributed by atoms with Crippen molar-refractivity contribution in [1.82, 2.24) is 15.1 Å². The van der Waals surface area contributed by atoms with Gasteiger partial charge in [-0.1, -0.05) is 18.2 Å². The van der Waals surface area contributed by atoms with E-state index in [1.54, 1.807) is 0 Å². The van der Waals surface area contributed by atoms with Gasteiger partial charge in [0.2, 0.25) is 5.91 Å². The molecule has 3 atom stereocenters. The maximum Gasteiger partial charge on any atom is 0.221 e. The largest absolute Gasteiger partial charge is 0.381 e. The fraction of sp³-hybridized carbons (Fsp3) is 0.560. The number of nitrogens with zero attached hydrogens (tertiary/aromatic N) is 3. The number of fused-ring (bicyclic) bond motifs is 1. The Morgan fingerprint density at radius 2 is 1.81 bits per heavy atom. The number of aromatic nitrogens is 2. The van der Waals surface area contributed by atoms with E-state index in [1.807, 2.05) is 36.4 Å². The predicted molar refractivity (Wildman–Crippen MR) is 125 cm³/mol. The normalized spacial score (nSPS) is 26.1. The lowest BCUT2D eigenvalue weighted by atomic mass is 10.00. The number of anilines is 2. The highest BCUT2D eigenvalue weighted by molar-refractivity contribution is 5.93. The average Bonchev–Trinajstić information content (AvgIpc) is 3.33. The summed E-state index contributed by atoms with van der Waals surface area (Å²) in [6.07, 6.45) is 4.87. The van der Waals surface area contributed by atoms with Crippen molar-refractivity contribution < 1.29 is 9.53 Å². The smallest absolute Gasteiger partial charge is 0.221 e. The van der Waals surface area contributed by atoms with Gasteiger partial charge in [-0.15, -0.1) is 10.2 Å². The lowest BCUT2D eigenvalue weighted by molar-refractivity contribution is -0.114. The van der Waals surface area contributed by atoms with Crippen molar-refractivity contribution in [2.75, 3.05) is 43.5 Å². The van der Waals surface area contributed by atoms with Crippen LogP contribution in [0.5, 0.6) is 0 Å². The van der Waals surface area contributed by atoms with Crippen molar-refractivity contribution in [3.05, 3.63) is 36.4 Å². The number of benzene rings is 1. The molecule has 1 unspecified atom stereocenters. The lowest BCUT2D eigenvalue weighted by Crippen LogP contribution is -2.32.